The van der Waals surface area contributed by atoms with Gasteiger partial charge in [0.05, 0.1) is 23.8 Å². The van der Waals surface area contributed by atoms with E-state index in [0.29, 0.717) is 39.9 Å². The number of nitrogens with zero attached hydrogens (tertiary/aromatic N) is 3. The highest BCUT2D eigenvalue weighted by Gasteiger charge is 2.27. The quantitative estimate of drug-likeness (QED) is 0.916. The third-order valence-corrected chi connectivity index (χ3v) is 4.04. The third-order valence-electron chi connectivity index (χ3n) is 3.67. The molecule has 118 valence electrons. The van der Waals surface area contributed by atoms with E-state index in [0.717, 1.165) is 0 Å². The van der Waals surface area contributed by atoms with Crippen molar-refractivity contribution in [3.8, 4) is 0 Å². The van der Waals surface area contributed by atoms with E-state index in [2.05, 4.69) is 9.97 Å². The van der Waals surface area contributed by atoms with Crippen LogP contribution < -0.4 is 5.73 Å². The summed E-state index contributed by atoms with van der Waals surface area (Å²) in [6, 6.07) is 5.42. The number of hydrogen-bond donors (Lipinski definition) is 1. The average molecular weight is 333 g/mol. The van der Waals surface area contributed by atoms with Crippen LogP contribution in [-0.2, 0) is 0 Å². The highest BCUT2D eigenvalue weighted by Crippen LogP contribution is 2.24. The van der Waals surface area contributed by atoms with Crippen molar-refractivity contribution in [2.45, 2.75) is 6.92 Å². The molecule has 0 aliphatic carbocycles. The summed E-state index contributed by atoms with van der Waals surface area (Å²) >= 11 is 5.93. The van der Waals surface area contributed by atoms with Crippen molar-refractivity contribution in [1.82, 2.24) is 14.9 Å². The Balaban J connectivity index is 1.81. The van der Waals surface area contributed by atoms with E-state index < -0.39 is 0 Å². The number of aromatic nitrogens is 2. The lowest BCUT2D eigenvalue weighted by molar-refractivity contribution is 0.0799. The summed E-state index contributed by atoms with van der Waals surface area (Å²) in [5.41, 5.74) is 8.36. The zero-order valence-electron chi connectivity index (χ0n) is 12.4. The summed E-state index contributed by atoms with van der Waals surface area (Å²) in [7, 11) is 0. The molecule has 2 heterocycles. The summed E-state index contributed by atoms with van der Waals surface area (Å²) in [5, 5.41) is 0.477. The molecule has 0 saturated heterocycles. The fraction of sp³-hybridized carbons (Fsp3) is 0.188. The van der Waals surface area contributed by atoms with Gasteiger partial charge in [0.1, 0.15) is 5.82 Å². The lowest BCUT2D eigenvalue weighted by Gasteiger charge is -2.16. The minimum Gasteiger partial charge on any atom is -0.400 e. The summed E-state index contributed by atoms with van der Waals surface area (Å²) in [5.74, 6) is -0.126. The van der Waals surface area contributed by atoms with Crippen molar-refractivity contribution in [1.29, 1.82) is 0 Å². The molecule has 0 bridgehead atoms. The number of aryl methyl sites for hydroxylation is 1. The zero-order chi connectivity index (χ0) is 16.6. The molecular weight excluding hydrogens is 319 g/mol. The predicted octanol–water partition coefficient (Wildman–Crippen LogP) is 2.40. The second-order valence-corrected chi connectivity index (χ2v) is 5.71. The molecule has 0 fully saturated rings. The monoisotopic (exact) mass is 332 g/mol. The molecule has 0 spiro atoms. The van der Waals surface area contributed by atoms with Crippen molar-refractivity contribution in [3.63, 3.8) is 0 Å². The van der Waals surface area contributed by atoms with Crippen LogP contribution in [-0.4, -0.2) is 33.9 Å². The van der Waals surface area contributed by atoms with Gasteiger partial charge in [-0.15, -0.1) is 0 Å². The number of amides is 1. The molecule has 23 heavy (non-hydrogen) atoms. The van der Waals surface area contributed by atoms with Crippen LogP contribution in [0, 0.1) is 12.7 Å². The third kappa shape index (κ3) is 3.03. The first-order chi connectivity index (χ1) is 11.0. The van der Waals surface area contributed by atoms with Crippen LogP contribution in [0.1, 0.15) is 21.9 Å². The molecule has 2 N–H and O–H groups in total. The largest absolute Gasteiger partial charge is 0.400 e. The second-order valence-electron chi connectivity index (χ2n) is 5.30. The molecule has 5 nitrogen and oxygen atoms in total. The van der Waals surface area contributed by atoms with Crippen molar-refractivity contribution < 1.29 is 9.18 Å². The van der Waals surface area contributed by atoms with Gasteiger partial charge in [-0.1, -0.05) is 11.6 Å². The number of nitrogens with two attached hydrogens (primary N) is 1. The predicted molar refractivity (Wildman–Crippen MR) is 85.2 cm³/mol. The number of carbonyl (C=O) groups is 1. The molecule has 0 unspecified atom stereocenters. The first-order valence-corrected chi connectivity index (χ1v) is 7.35. The van der Waals surface area contributed by atoms with Crippen LogP contribution >= 0.6 is 11.6 Å². The summed E-state index contributed by atoms with van der Waals surface area (Å²) < 4.78 is 13.0. The lowest BCUT2D eigenvalue weighted by atomic mass is 10.2. The van der Waals surface area contributed by atoms with Gasteiger partial charge in [-0.05, 0) is 31.2 Å². The van der Waals surface area contributed by atoms with Gasteiger partial charge in [0, 0.05) is 23.0 Å². The maximum atomic E-state index is 13.0. The van der Waals surface area contributed by atoms with Gasteiger partial charge in [0.25, 0.3) is 5.91 Å². The fourth-order valence-corrected chi connectivity index (χ4v) is 2.47. The topological polar surface area (TPSA) is 72.1 Å². The Morgan fingerprint density at radius 1 is 1.30 bits per heavy atom. The summed E-state index contributed by atoms with van der Waals surface area (Å²) in [6.45, 7) is 2.38. The highest BCUT2D eigenvalue weighted by molar-refractivity contribution is 6.31. The average Bonchev–Trinajstić information content (AvgIpc) is 2.92. The summed E-state index contributed by atoms with van der Waals surface area (Å²) in [4.78, 5) is 22.5. The van der Waals surface area contributed by atoms with Crippen molar-refractivity contribution in [3.05, 3.63) is 64.1 Å². The molecule has 0 radical (unpaired) electrons. The van der Waals surface area contributed by atoms with Gasteiger partial charge in [-0.2, -0.15) is 0 Å². The van der Waals surface area contributed by atoms with Gasteiger partial charge < -0.3 is 10.6 Å². The van der Waals surface area contributed by atoms with Crippen LogP contribution in [0.4, 0.5) is 4.39 Å². The Hall–Kier alpha value is -2.47. The minimum atomic E-state index is -0.383. The molecule has 1 aliphatic rings. The Morgan fingerprint density at radius 2 is 2.00 bits per heavy atom. The van der Waals surface area contributed by atoms with Crippen LogP contribution in [0.15, 0.2) is 36.2 Å². The maximum absolute atomic E-state index is 13.0. The van der Waals surface area contributed by atoms with E-state index in [9.17, 15) is 9.18 Å². The van der Waals surface area contributed by atoms with Gasteiger partial charge in [-0.25, -0.2) is 14.4 Å². The van der Waals surface area contributed by atoms with Crippen molar-refractivity contribution in [2.75, 3.05) is 13.1 Å². The maximum Gasteiger partial charge on any atom is 0.254 e. The molecule has 1 aromatic carbocycles. The highest BCUT2D eigenvalue weighted by atomic mass is 35.5. The number of hydrogen-bond acceptors (Lipinski definition) is 4. The second kappa shape index (κ2) is 5.96. The molecular formula is C16H14ClFN4O. The Morgan fingerprint density at radius 3 is 2.65 bits per heavy atom. The van der Waals surface area contributed by atoms with E-state index in [4.69, 9.17) is 17.3 Å². The smallest absolute Gasteiger partial charge is 0.254 e. The van der Waals surface area contributed by atoms with Crippen molar-refractivity contribution in [2.24, 2.45) is 5.73 Å². The van der Waals surface area contributed by atoms with Crippen LogP contribution in [0.3, 0.4) is 0 Å². The normalized spacial score (nSPS) is 14.5. The van der Waals surface area contributed by atoms with E-state index in [1.807, 2.05) is 0 Å². The molecule has 1 amide bonds. The standard InChI is InChI=1S/C16H14ClFN4O/c1-9-13(17)6-20-15(21-9)12-7-22(8-14(12)19)16(23)10-2-4-11(18)5-3-10/h2-6H,7-8,19H2,1H3. The lowest BCUT2D eigenvalue weighted by Crippen LogP contribution is -2.30. The van der Waals surface area contributed by atoms with Gasteiger partial charge >= 0.3 is 0 Å². The molecule has 0 saturated carbocycles. The van der Waals surface area contributed by atoms with Crippen LogP contribution in [0.5, 0.6) is 0 Å². The Kier molecular flexibility index (Phi) is 4.00. The SMILES string of the molecule is Cc1nc(C2=C(N)CN(C(=O)c3ccc(F)cc3)C2)ncc1Cl. The molecule has 2 aromatic rings. The van der Waals surface area contributed by atoms with Crippen LogP contribution in [0.25, 0.3) is 5.57 Å². The summed E-state index contributed by atoms with van der Waals surface area (Å²) in [6.07, 6.45) is 1.52. The van der Waals surface area contributed by atoms with Gasteiger partial charge in [-0.3, -0.25) is 4.79 Å². The molecule has 0 atom stereocenters. The molecule has 1 aromatic heterocycles. The number of carbonyl (C=O) groups excluding carboxylic acids is 1. The van der Waals surface area contributed by atoms with Crippen molar-refractivity contribution >= 4 is 23.1 Å². The van der Waals surface area contributed by atoms with Crippen LogP contribution in [0.2, 0.25) is 5.02 Å². The fourth-order valence-electron chi connectivity index (χ4n) is 2.38. The molecule has 3 rings (SSSR count). The van der Waals surface area contributed by atoms with E-state index in [1.54, 1.807) is 11.8 Å². The minimum absolute atomic E-state index is 0.214. The number of benzene rings is 1. The molecule has 7 heteroatoms. The number of rotatable bonds is 2. The first-order valence-electron chi connectivity index (χ1n) is 6.97. The van der Waals surface area contributed by atoms with Gasteiger partial charge in [0.15, 0.2) is 5.82 Å². The number of halogens is 2. The van der Waals surface area contributed by atoms with E-state index in [1.165, 1.54) is 30.5 Å². The Bertz CT molecular complexity index is 804. The molecule has 1 aliphatic heterocycles. The van der Waals surface area contributed by atoms with E-state index in [-0.39, 0.29) is 18.3 Å². The van der Waals surface area contributed by atoms with Gasteiger partial charge in [0.2, 0.25) is 0 Å². The Labute approximate surface area is 137 Å². The van der Waals surface area contributed by atoms with E-state index >= 15 is 0 Å². The first kappa shape index (κ1) is 15.4. The zero-order valence-corrected chi connectivity index (χ0v) is 13.1.